The van der Waals surface area contributed by atoms with E-state index in [2.05, 4.69) is 23.8 Å². The van der Waals surface area contributed by atoms with Crippen LogP contribution in [0.1, 0.15) is 30.7 Å². The molecule has 0 fully saturated rings. The maximum atomic E-state index is 11.5. The Morgan fingerprint density at radius 2 is 2.25 bits per heavy atom. The average molecular weight is 385 g/mol. The SMILES string of the molecule is CC[C@@]1(C)Cc2c(sc3nc(SC)nc(SCC(=O)OC)c23)CO1. The van der Waals surface area contributed by atoms with Crippen LogP contribution in [0.25, 0.3) is 10.2 Å². The number of hydrogen-bond donors (Lipinski definition) is 0. The molecule has 0 aliphatic carbocycles. The second-order valence-corrected chi connectivity index (χ2v) is 8.65. The third-order valence-electron chi connectivity index (χ3n) is 4.27. The molecule has 5 nitrogen and oxygen atoms in total. The zero-order chi connectivity index (χ0) is 17.3. The Morgan fingerprint density at radius 3 is 2.92 bits per heavy atom. The van der Waals surface area contributed by atoms with Gasteiger partial charge in [-0.2, -0.15) is 0 Å². The molecule has 2 aromatic rings. The van der Waals surface area contributed by atoms with Gasteiger partial charge < -0.3 is 9.47 Å². The third-order valence-corrected chi connectivity index (χ3v) is 6.86. The smallest absolute Gasteiger partial charge is 0.316 e. The van der Waals surface area contributed by atoms with Gasteiger partial charge in [0.05, 0.1) is 25.1 Å². The molecular formula is C16H20N2O3S3. The molecule has 130 valence electrons. The van der Waals surface area contributed by atoms with Gasteiger partial charge >= 0.3 is 5.97 Å². The molecule has 3 heterocycles. The lowest BCUT2D eigenvalue weighted by Crippen LogP contribution is -2.33. The molecule has 0 aromatic carbocycles. The van der Waals surface area contributed by atoms with Gasteiger partial charge in [0.2, 0.25) is 0 Å². The van der Waals surface area contributed by atoms with Gasteiger partial charge in [0.25, 0.3) is 0 Å². The first-order valence-electron chi connectivity index (χ1n) is 7.69. The van der Waals surface area contributed by atoms with Crippen LogP contribution in [0.2, 0.25) is 0 Å². The first-order chi connectivity index (χ1) is 11.5. The highest BCUT2D eigenvalue weighted by Crippen LogP contribution is 2.43. The Morgan fingerprint density at radius 1 is 1.46 bits per heavy atom. The maximum absolute atomic E-state index is 11.5. The van der Waals surface area contributed by atoms with Crippen molar-refractivity contribution in [2.75, 3.05) is 19.1 Å². The lowest BCUT2D eigenvalue weighted by Gasteiger charge is -2.33. The Hall–Kier alpha value is -0.830. The van der Waals surface area contributed by atoms with Crippen LogP contribution < -0.4 is 0 Å². The molecule has 0 unspecified atom stereocenters. The molecule has 0 radical (unpaired) electrons. The largest absolute Gasteiger partial charge is 0.468 e. The summed E-state index contributed by atoms with van der Waals surface area (Å²) in [7, 11) is 1.41. The average Bonchev–Trinajstić information content (AvgIpc) is 2.96. The summed E-state index contributed by atoms with van der Waals surface area (Å²) in [5.41, 5.74) is 1.13. The standard InChI is InChI=1S/C16H20N2O3S3/c1-5-16(2)6-9-10(7-21-16)24-14-12(9)13(17-15(18-14)22-4)23-8-11(19)20-3/h5-8H2,1-4H3/t16-/m0/s1. The fourth-order valence-electron chi connectivity index (χ4n) is 2.63. The van der Waals surface area contributed by atoms with Crippen molar-refractivity contribution in [1.82, 2.24) is 9.97 Å². The minimum absolute atomic E-state index is 0.149. The van der Waals surface area contributed by atoms with E-state index >= 15 is 0 Å². The maximum Gasteiger partial charge on any atom is 0.316 e. The summed E-state index contributed by atoms with van der Waals surface area (Å²) in [6, 6.07) is 0. The van der Waals surface area contributed by atoms with E-state index in [1.54, 1.807) is 11.3 Å². The summed E-state index contributed by atoms with van der Waals surface area (Å²) in [5.74, 6) is 0.00563. The predicted molar refractivity (Wildman–Crippen MR) is 99.1 cm³/mol. The van der Waals surface area contributed by atoms with Gasteiger partial charge in [0.1, 0.15) is 9.86 Å². The van der Waals surface area contributed by atoms with Crippen molar-refractivity contribution in [1.29, 1.82) is 0 Å². The van der Waals surface area contributed by atoms with Crippen molar-refractivity contribution in [2.24, 2.45) is 0 Å². The minimum Gasteiger partial charge on any atom is -0.468 e. The second-order valence-electron chi connectivity index (χ2n) is 5.83. The van der Waals surface area contributed by atoms with Gasteiger partial charge in [-0.15, -0.1) is 11.3 Å². The number of rotatable bonds is 5. The number of aromatic nitrogens is 2. The molecule has 0 amide bonds. The van der Waals surface area contributed by atoms with E-state index in [1.807, 2.05) is 6.26 Å². The summed E-state index contributed by atoms with van der Waals surface area (Å²) < 4.78 is 10.8. The monoisotopic (exact) mass is 384 g/mol. The van der Waals surface area contributed by atoms with Crippen LogP contribution in [0.4, 0.5) is 0 Å². The van der Waals surface area contributed by atoms with Crippen LogP contribution in [0.3, 0.4) is 0 Å². The van der Waals surface area contributed by atoms with E-state index in [0.29, 0.717) is 6.61 Å². The molecule has 0 bridgehead atoms. The van der Waals surface area contributed by atoms with Crippen molar-refractivity contribution in [2.45, 2.75) is 49.1 Å². The predicted octanol–water partition coefficient (Wildman–Crippen LogP) is 3.92. The Bertz CT molecular complexity index is 778. The van der Waals surface area contributed by atoms with Crippen molar-refractivity contribution >= 4 is 51.0 Å². The Balaban J connectivity index is 2.08. The first-order valence-corrected chi connectivity index (χ1v) is 10.7. The van der Waals surface area contributed by atoms with Crippen LogP contribution in [0, 0.1) is 0 Å². The quantitative estimate of drug-likeness (QED) is 0.335. The van der Waals surface area contributed by atoms with E-state index in [-0.39, 0.29) is 17.3 Å². The number of carbonyl (C=O) groups is 1. The molecule has 24 heavy (non-hydrogen) atoms. The number of thioether (sulfide) groups is 2. The molecule has 0 saturated heterocycles. The van der Waals surface area contributed by atoms with Crippen LogP contribution in [0.5, 0.6) is 0 Å². The fraction of sp³-hybridized carbons (Fsp3) is 0.562. The molecule has 1 aliphatic rings. The highest BCUT2D eigenvalue weighted by Gasteiger charge is 2.33. The number of hydrogen-bond acceptors (Lipinski definition) is 8. The van der Waals surface area contributed by atoms with Crippen molar-refractivity contribution in [3.63, 3.8) is 0 Å². The van der Waals surface area contributed by atoms with Crippen LogP contribution >= 0.6 is 34.9 Å². The lowest BCUT2D eigenvalue weighted by atomic mass is 9.90. The van der Waals surface area contributed by atoms with Gasteiger partial charge in [0.15, 0.2) is 5.16 Å². The van der Waals surface area contributed by atoms with Gasteiger partial charge in [0, 0.05) is 16.7 Å². The number of esters is 1. The summed E-state index contributed by atoms with van der Waals surface area (Å²) in [6.45, 7) is 4.92. The number of ether oxygens (including phenoxy) is 2. The fourth-order valence-corrected chi connectivity index (χ4v) is 5.16. The van der Waals surface area contributed by atoms with Crippen molar-refractivity contribution in [3.05, 3.63) is 10.4 Å². The summed E-state index contributed by atoms with van der Waals surface area (Å²) in [4.78, 5) is 23.1. The number of methoxy groups -OCH3 is 1. The summed E-state index contributed by atoms with van der Waals surface area (Å²) in [6.07, 6.45) is 3.77. The minimum atomic E-state index is -0.247. The highest BCUT2D eigenvalue weighted by molar-refractivity contribution is 8.00. The molecule has 1 atom stereocenters. The number of thiophene rings is 1. The van der Waals surface area contributed by atoms with Gasteiger partial charge in [-0.05, 0) is 25.2 Å². The zero-order valence-corrected chi connectivity index (χ0v) is 16.6. The lowest BCUT2D eigenvalue weighted by molar-refractivity contribution is -0.137. The molecular weight excluding hydrogens is 364 g/mol. The Labute approximate surface area is 153 Å². The molecule has 0 N–H and O–H groups in total. The number of nitrogens with zero attached hydrogens (tertiary/aromatic N) is 2. The van der Waals surface area contributed by atoms with E-state index in [1.165, 1.54) is 41.1 Å². The molecule has 8 heteroatoms. The molecule has 2 aromatic heterocycles. The van der Waals surface area contributed by atoms with E-state index in [4.69, 9.17) is 9.47 Å². The molecule has 0 spiro atoms. The van der Waals surface area contributed by atoms with Gasteiger partial charge in [-0.25, -0.2) is 9.97 Å². The third kappa shape index (κ3) is 3.42. The molecule has 0 saturated carbocycles. The summed E-state index contributed by atoms with van der Waals surface area (Å²) >= 11 is 4.61. The second kappa shape index (κ2) is 7.19. The Kier molecular flexibility index (Phi) is 5.39. The normalized spacial score (nSPS) is 20.2. The topological polar surface area (TPSA) is 61.3 Å². The number of carbonyl (C=O) groups excluding carboxylic acids is 1. The molecule has 1 aliphatic heterocycles. The first kappa shape index (κ1) is 18.0. The van der Waals surface area contributed by atoms with Crippen LogP contribution in [0.15, 0.2) is 10.2 Å². The summed E-state index contributed by atoms with van der Waals surface area (Å²) in [5, 5.41) is 2.69. The van der Waals surface area contributed by atoms with Gasteiger partial charge in [-0.3, -0.25) is 4.79 Å². The van der Waals surface area contributed by atoms with E-state index in [9.17, 15) is 4.79 Å². The molecule has 3 rings (SSSR count). The zero-order valence-electron chi connectivity index (χ0n) is 14.2. The van der Waals surface area contributed by atoms with Crippen LogP contribution in [-0.2, 0) is 27.3 Å². The van der Waals surface area contributed by atoms with E-state index < -0.39 is 0 Å². The van der Waals surface area contributed by atoms with Gasteiger partial charge in [-0.1, -0.05) is 30.4 Å². The number of fused-ring (bicyclic) bond motifs is 3. The van der Waals surface area contributed by atoms with Crippen LogP contribution in [-0.4, -0.2) is 40.7 Å². The highest BCUT2D eigenvalue weighted by atomic mass is 32.2. The van der Waals surface area contributed by atoms with Crippen molar-refractivity contribution < 1.29 is 14.3 Å². The van der Waals surface area contributed by atoms with Crippen molar-refractivity contribution in [3.8, 4) is 0 Å². The van der Waals surface area contributed by atoms with E-state index in [0.717, 1.165) is 33.2 Å².